The molecule has 0 aliphatic heterocycles. The zero-order valence-corrected chi connectivity index (χ0v) is 19.7. The van der Waals surface area contributed by atoms with Crippen LogP contribution in [0.15, 0.2) is 65.4 Å². The van der Waals surface area contributed by atoms with Crippen LogP contribution in [0.25, 0.3) is 10.9 Å². The van der Waals surface area contributed by atoms with Crippen molar-refractivity contribution in [2.75, 3.05) is 6.54 Å². The second kappa shape index (κ2) is 10.7. The summed E-state index contributed by atoms with van der Waals surface area (Å²) in [4.78, 5) is 22.4. The van der Waals surface area contributed by atoms with Gasteiger partial charge in [-0.3, -0.25) is 9.69 Å². The van der Waals surface area contributed by atoms with Crippen LogP contribution in [0, 0.1) is 0 Å². The van der Waals surface area contributed by atoms with Crippen LogP contribution in [0.2, 0.25) is 5.02 Å². The van der Waals surface area contributed by atoms with Crippen molar-refractivity contribution in [1.29, 1.82) is 0 Å². The maximum absolute atomic E-state index is 12.4. The topological polar surface area (TPSA) is 74.2 Å². The standard InChI is InChI=1S/C26H29ClN4O2/c1-3-18(2)29-26(32)24-17-33-25(30-24)16-31(15-19-8-10-21(27)11-9-19)13-12-20-14-28-23-7-5-4-6-22(20)23/h4-11,14,17-18,28H,3,12-13,15-16H2,1-2H3,(H,29,32). The molecule has 2 aromatic heterocycles. The number of nitrogens with zero attached hydrogens (tertiary/aromatic N) is 2. The first-order valence-electron chi connectivity index (χ1n) is 11.3. The quantitative estimate of drug-likeness (QED) is 0.321. The van der Waals surface area contributed by atoms with Crippen LogP contribution in [0.4, 0.5) is 0 Å². The molecule has 172 valence electrons. The van der Waals surface area contributed by atoms with Crippen molar-refractivity contribution in [2.24, 2.45) is 0 Å². The van der Waals surface area contributed by atoms with Gasteiger partial charge in [0.15, 0.2) is 5.69 Å². The Morgan fingerprint density at radius 3 is 2.76 bits per heavy atom. The highest BCUT2D eigenvalue weighted by atomic mass is 35.5. The molecule has 0 aliphatic rings. The van der Waals surface area contributed by atoms with E-state index in [2.05, 4.69) is 44.6 Å². The van der Waals surface area contributed by atoms with Gasteiger partial charge in [-0.15, -0.1) is 0 Å². The van der Waals surface area contributed by atoms with E-state index in [1.165, 1.54) is 17.2 Å². The van der Waals surface area contributed by atoms with Gasteiger partial charge in [-0.2, -0.15) is 0 Å². The molecule has 7 heteroatoms. The summed E-state index contributed by atoms with van der Waals surface area (Å²) >= 11 is 6.06. The minimum atomic E-state index is -0.206. The van der Waals surface area contributed by atoms with Gasteiger partial charge in [-0.25, -0.2) is 4.98 Å². The Balaban J connectivity index is 1.48. The predicted molar refractivity (Wildman–Crippen MR) is 131 cm³/mol. The molecule has 4 rings (SSSR count). The van der Waals surface area contributed by atoms with Crippen molar-refractivity contribution in [3.8, 4) is 0 Å². The number of hydrogen-bond donors (Lipinski definition) is 2. The van der Waals surface area contributed by atoms with Crippen molar-refractivity contribution >= 4 is 28.4 Å². The van der Waals surface area contributed by atoms with E-state index in [0.29, 0.717) is 23.2 Å². The summed E-state index contributed by atoms with van der Waals surface area (Å²) in [6.45, 7) is 6.03. The molecular weight excluding hydrogens is 436 g/mol. The molecule has 0 bridgehead atoms. The van der Waals surface area contributed by atoms with Gasteiger partial charge in [0, 0.05) is 41.3 Å². The zero-order chi connectivity index (χ0) is 23.2. The molecule has 1 amide bonds. The molecule has 6 nitrogen and oxygen atoms in total. The number of carbonyl (C=O) groups is 1. The highest BCUT2D eigenvalue weighted by molar-refractivity contribution is 6.30. The number of aromatic amines is 1. The molecule has 0 saturated heterocycles. The average molecular weight is 465 g/mol. The Hall–Kier alpha value is -3.09. The molecule has 0 saturated carbocycles. The summed E-state index contributed by atoms with van der Waals surface area (Å²) in [5, 5.41) is 4.88. The number of rotatable bonds is 10. The van der Waals surface area contributed by atoms with E-state index in [1.54, 1.807) is 0 Å². The summed E-state index contributed by atoms with van der Waals surface area (Å²) in [6, 6.07) is 16.3. The van der Waals surface area contributed by atoms with Crippen LogP contribution < -0.4 is 5.32 Å². The monoisotopic (exact) mass is 464 g/mol. The smallest absolute Gasteiger partial charge is 0.273 e. The molecule has 0 spiro atoms. The number of amides is 1. The highest BCUT2D eigenvalue weighted by Gasteiger charge is 2.17. The van der Waals surface area contributed by atoms with Crippen LogP contribution in [-0.4, -0.2) is 33.4 Å². The minimum absolute atomic E-state index is 0.0928. The third kappa shape index (κ3) is 6.03. The van der Waals surface area contributed by atoms with Gasteiger partial charge in [0.2, 0.25) is 5.89 Å². The first-order valence-corrected chi connectivity index (χ1v) is 11.7. The lowest BCUT2D eigenvalue weighted by atomic mass is 10.1. The van der Waals surface area contributed by atoms with Gasteiger partial charge < -0.3 is 14.7 Å². The molecule has 2 heterocycles. The molecule has 2 N–H and O–H groups in total. The Labute approximate surface area is 199 Å². The third-order valence-corrected chi connectivity index (χ3v) is 6.08. The number of aromatic nitrogens is 2. The number of H-pyrrole nitrogens is 1. The van der Waals surface area contributed by atoms with E-state index in [4.69, 9.17) is 16.0 Å². The Morgan fingerprint density at radius 1 is 1.18 bits per heavy atom. The van der Waals surface area contributed by atoms with Crippen molar-refractivity contribution in [2.45, 2.75) is 45.8 Å². The molecule has 4 aromatic rings. The van der Waals surface area contributed by atoms with Crippen LogP contribution in [-0.2, 0) is 19.5 Å². The van der Waals surface area contributed by atoms with Gasteiger partial charge in [0.25, 0.3) is 5.91 Å². The Kier molecular flexibility index (Phi) is 7.47. The molecule has 1 atom stereocenters. The fourth-order valence-corrected chi connectivity index (χ4v) is 3.88. The second-order valence-electron chi connectivity index (χ2n) is 8.36. The van der Waals surface area contributed by atoms with Crippen LogP contribution >= 0.6 is 11.6 Å². The van der Waals surface area contributed by atoms with Crippen molar-refractivity contribution in [3.63, 3.8) is 0 Å². The van der Waals surface area contributed by atoms with Crippen LogP contribution in [0.5, 0.6) is 0 Å². The number of carbonyl (C=O) groups excluding carboxylic acids is 1. The van der Waals surface area contributed by atoms with Gasteiger partial charge in [-0.1, -0.05) is 48.9 Å². The van der Waals surface area contributed by atoms with Gasteiger partial charge in [-0.05, 0) is 49.1 Å². The first-order chi connectivity index (χ1) is 16.0. The van der Waals surface area contributed by atoms with Gasteiger partial charge in [0.1, 0.15) is 6.26 Å². The number of benzene rings is 2. The molecule has 0 aliphatic carbocycles. The summed E-state index contributed by atoms with van der Waals surface area (Å²) < 4.78 is 5.65. The fraction of sp³-hybridized carbons (Fsp3) is 0.308. The van der Waals surface area contributed by atoms with Crippen molar-refractivity contribution < 1.29 is 9.21 Å². The SMILES string of the molecule is CCC(C)NC(=O)c1coc(CN(CCc2c[nH]c3ccccc23)Cc2ccc(Cl)cc2)n1. The molecule has 2 aromatic carbocycles. The van der Waals surface area contributed by atoms with E-state index in [0.717, 1.165) is 37.0 Å². The summed E-state index contributed by atoms with van der Waals surface area (Å²) in [5.74, 6) is 0.319. The van der Waals surface area contributed by atoms with E-state index in [1.807, 2.05) is 44.2 Å². The number of hydrogen-bond acceptors (Lipinski definition) is 4. The number of oxazole rings is 1. The molecule has 0 radical (unpaired) electrons. The highest BCUT2D eigenvalue weighted by Crippen LogP contribution is 2.20. The van der Waals surface area contributed by atoms with Crippen LogP contribution in [0.1, 0.15) is 47.8 Å². The Morgan fingerprint density at radius 2 is 1.97 bits per heavy atom. The van der Waals surface area contributed by atoms with Gasteiger partial charge in [0.05, 0.1) is 6.54 Å². The van der Waals surface area contributed by atoms with Crippen molar-refractivity contribution in [1.82, 2.24) is 20.2 Å². The van der Waals surface area contributed by atoms with Crippen LogP contribution in [0.3, 0.4) is 0 Å². The summed E-state index contributed by atoms with van der Waals surface area (Å²) in [5.41, 5.74) is 3.88. The lowest BCUT2D eigenvalue weighted by Gasteiger charge is -2.21. The van der Waals surface area contributed by atoms with E-state index in [9.17, 15) is 4.79 Å². The number of fused-ring (bicyclic) bond motifs is 1. The molecule has 33 heavy (non-hydrogen) atoms. The minimum Gasteiger partial charge on any atom is -0.447 e. The molecule has 0 fully saturated rings. The summed E-state index contributed by atoms with van der Waals surface area (Å²) in [7, 11) is 0. The molecule has 1 unspecified atom stereocenters. The normalized spacial score (nSPS) is 12.4. The van der Waals surface area contributed by atoms with Crippen molar-refractivity contribution in [3.05, 3.63) is 88.7 Å². The van der Waals surface area contributed by atoms with E-state index >= 15 is 0 Å². The first kappa shape index (κ1) is 23.1. The predicted octanol–water partition coefficient (Wildman–Crippen LogP) is 5.58. The van der Waals surface area contributed by atoms with E-state index in [-0.39, 0.29) is 11.9 Å². The van der Waals surface area contributed by atoms with Gasteiger partial charge >= 0.3 is 0 Å². The lowest BCUT2D eigenvalue weighted by molar-refractivity contribution is 0.0934. The zero-order valence-electron chi connectivity index (χ0n) is 19.0. The fourth-order valence-electron chi connectivity index (χ4n) is 3.76. The second-order valence-corrected chi connectivity index (χ2v) is 8.79. The Bertz CT molecular complexity index is 1200. The molecular formula is C26H29ClN4O2. The summed E-state index contributed by atoms with van der Waals surface area (Å²) in [6.07, 6.45) is 5.25. The largest absolute Gasteiger partial charge is 0.447 e. The number of para-hydroxylation sites is 1. The maximum Gasteiger partial charge on any atom is 0.273 e. The maximum atomic E-state index is 12.4. The van der Waals surface area contributed by atoms with E-state index < -0.39 is 0 Å². The average Bonchev–Trinajstić information content (AvgIpc) is 3.46. The third-order valence-electron chi connectivity index (χ3n) is 5.82. The lowest BCUT2D eigenvalue weighted by Crippen LogP contribution is -2.32. The number of halogens is 1. The number of nitrogens with one attached hydrogen (secondary N) is 2.